The maximum atomic E-state index is 11.8. The van der Waals surface area contributed by atoms with Gasteiger partial charge in [0.15, 0.2) is 0 Å². The van der Waals surface area contributed by atoms with E-state index in [-0.39, 0.29) is 17.9 Å². The fraction of sp³-hybridized carbons (Fsp3) is 0.550. The molecule has 0 spiro atoms. The summed E-state index contributed by atoms with van der Waals surface area (Å²) in [7, 11) is 0. The molecule has 0 saturated heterocycles. The van der Waals surface area contributed by atoms with E-state index in [4.69, 9.17) is 4.42 Å². The molecule has 2 N–H and O–H groups in total. The van der Waals surface area contributed by atoms with Crippen molar-refractivity contribution in [3.63, 3.8) is 0 Å². The fourth-order valence-corrected chi connectivity index (χ4v) is 4.83. The number of hydrogen-bond donors (Lipinski definition) is 2. The second-order valence-corrected chi connectivity index (χ2v) is 7.64. The zero-order chi connectivity index (χ0) is 17.4. The summed E-state index contributed by atoms with van der Waals surface area (Å²) in [5, 5.41) is 19.9. The SMILES string of the molecule is CC1CC[C@@]2(CO)C(C(=O)O)=CC=C[C@@H]2[C@@]1(C)CCc1ccoc1. The largest absolute Gasteiger partial charge is 0.478 e. The number of aryl methyl sites for hydroxylation is 1. The number of allylic oxidation sites excluding steroid dienone is 3. The molecule has 4 heteroatoms. The zero-order valence-electron chi connectivity index (χ0n) is 14.4. The molecule has 0 bridgehead atoms. The Morgan fingerprint density at radius 1 is 1.46 bits per heavy atom. The van der Waals surface area contributed by atoms with E-state index in [0.29, 0.717) is 11.5 Å². The van der Waals surface area contributed by atoms with Gasteiger partial charge in [0.25, 0.3) is 0 Å². The van der Waals surface area contributed by atoms with Gasteiger partial charge in [-0.1, -0.05) is 32.1 Å². The highest BCUT2D eigenvalue weighted by atomic mass is 16.4. The molecule has 2 aliphatic rings. The molecule has 130 valence electrons. The molecular weight excluding hydrogens is 304 g/mol. The van der Waals surface area contributed by atoms with Gasteiger partial charge in [-0.05, 0) is 54.6 Å². The molecule has 1 fully saturated rings. The third-order valence-corrected chi connectivity index (χ3v) is 6.60. The average molecular weight is 330 g/mol. The Kier molecular flexibility index (Phi) is 4.43. The Labute approximate surface area is 142 Å². The van der Waals surface area contributed by atoms with Crippen molar-refractivity contribution >= 4 is 5.97 Å². The van der Waals surface area contributed by atoms with E-state index in [9.17, 15) is 15.0 Å². The van der Waals surface area contributed by atoms with E-state index in [1.165, 1.54) is 0 Å². The number of carboxylic acids is 1. The van der Waals surface area contributed by atoms with Gasteiger partial charge in [0.05, 0.1) is 19.1 Å². The molecule has 1 aromatic heterocycles. The summed E-state index contributed by atoms with van der Waals surface area (Å²) >= 11 is 0. The van der Waals surface area contributed by atoms with Gasteiger partial charge < -0.3 is 14.6 Å². The quantitative estimate of drug-likeness (QED) is 0.861. The lowest BCUT2D eigenvalue weighted by atomic mass is 9.47. The van der Waals surface area contributed by atoms with Gasteiger partial charge in [-0.25, -0.2) is 4.79 Å². The van der Waals surface area contributed by atoms with Gasteiger partial charge in [0.1, 0.15) is 0 Å². The summed E-state index contributed by atoms with van der Waals surface area (Å²) in [6, 6.07) is 1.98. The van der Waals surface area contributed by atoms with Crippen LogP contribution in [-0.2, 0) is 11.2 Å². The smallest absolute Gasteiger partial charge is 0.332 e. The van der Waals surface area contributed by atoms with E-state index in [1.54, 1.807) is 18.6 Å². The highest BCUT2D eigenvalue weighted by Crippen LogP contribution is 2.60. The number of fused-ring (bicyclic) bond motifs is 1. The third-order valence-electron chi connectivity index (χ3n) is 6.60. The van der Waals surface area contributed by atoms with Crippen LogP contribution in [0.3, 0.4) is 0 Å². The number of aliphatic hydroxyl groups is 1. The molecule has 1 saturated carbocycles. The maximum absolute atomic E-state index is 11.8. The lowest BCUT2D eigenvalue weighted by Crippen LogP contribution is -2.53. The summed E-state index contributed by atoms with van der Waals surface area (Å²) in [4.78, 5) is 11.8. The minimum Gasteiger partial charge on any atom is -0.478 e. The lowest BCUT2D eigenvalue weighted by Gasteiger charge is -2.56. The minimum atomic E-state index is -0.912. The summed E-state index contributed by atoms with van der Waals surface area (Å²) in [5.74, 6) is -0.418. The molecule has 0 aliphatic heterocycles. The van der Waals surface area contributed by atoms with Crippen LogP contribution in [0.2, 0.25) is 0 Å². The van der Waals surface area contributed by atoms with Crippen molar-refractivity contribution < 1.29 is 19.4 Å². The second kappa shape index (κ2) is 6.25. The van der Waals surface area contributed by atoms with Crippen molar-refractivity contribution in [2.24, 2.45) is 22.7 Å². The Balaban J connectivity index is 1.95. The van der Waals surface area contributed by atoms with E-state index in [2.05, 4.69) is 19.9 Å². The van der Waals surface area contributed by atoms with E-state index >= 15 is 0 Å². The number of aliphatic carboxylic acids is 1. The Morgan fingerprint density at radius 3 is 2.88 bits per heavy atom. The summed E-state index contributed by atoms with van der Waals surface area (Å²) in [5.41, 5.74) is 0.790. The van der Waals surface area contributed by atoms with Crippen LogP contribution in [0.1, 0.15) is 38.7 Å². The predicted octanol–water partition coefficient (Wildman–Crippen LogP) is 3.82. The first kappa shape index (κ1) is 17.0. The topological polar surface area (TPSA) is 70.7 Å². The monoisotopic (exact) mass is 330 g/mol. The Hall–Kier alpha value is -1.81. The normalized spacial score (nSPS) is 35.4. The van der Waals surface area contributed by atoms with Crippen LogP contribution in [0.25, 0.3) is 0 Å². The Morgan fingerprint density at radius 2 is 2.25 bits per heavy atom. The van der Waals surface area contributed by atoms with Crippen LogP contribution in [0.4, 0.5) is 0 Å². The summed E-state index contributed by atoms with van der Waals surface area (Å²) in [6.45, 7) is 4.39. The van der Waals surface area contributed by atoms with Gasteiger partial charge in [-0.2, -0.15) is 0 Å². The van der Waals surface area contributed by atoms with Gasteiger partial charge in [-0.3, -0.25) is 0 Å². The molecule has 4 nitrogen and oxygen atoms in total. The molecule has 0 aromatic carbocycles. The number of aliphatic hydroxyl groups excluding tert-OH is 1. The molecule has 1 heterocycles. The average Bonchev–Trinajstić information content (AvgIpc) is 3.09. The highest BCUT2D eigenvalue weighted by Gasteiger charge is 2.56. The van der Waals surface area contributed by atoms with Crippen molar-refractivity contribution in [1.29, 1.82) is 0 Å². The van der Waals surface area contributed by atoms with Crippen LogP contribution in [0, 0.1) is 22.7 Å². The van der Waals surface area contributed by atoms with Gasteiger partial charge in [-0.15, -0.1) is 0 Å². The van der Waals surface area contributed by atoms with Gasteiger partial charge in [0.2, 0.25) is 0 Å². The van der Waals surface area contributed by atoms with Crippen molar-refractivity contribution in [2.75, 3.05) is 6.61 Å². The van der Waals surface area contributed by atoms with Crippen molar-refractivity contribution in [3.8, 4) is 0 Å². The van der Waals surface area contributed by atoms with Crippen LogP contribution in [0.15, 0.2) is 46.8 Å². The van der Waals surface area contributed by atoms with E-state index in [1.807, 2.05) is 12.1 Å². The second-order valence-electron chi connectivity index (χ2n) is 7.64. The minimum absolute atomic E-state index is 0.0294. The number of carboxylic acid groups (broad SMARTS) is 1. The van der Waals surface area contributed by atoms with Crippen LogP contribution < -0.4 is 0 Å². The first-order chi connectivity index (χ1) is 11.4. The van der Waals surface area contributed by atoms with Gasteiger partial charge in [0, 0.05) is 11.0 Å². The first-order valence-electron chi connectivity index (χ1n) is 8.68. The van der Waals surface area contributed by atoms with E-state index < -0.39 is 11.4 Å². The number of furan rings is 1. The number of rotatable bonds is 5. The van der Waals surface area contributed by atoms with Crippen molar-refractivity contribution in [1.82, 2.24) is 0 Å². The maximum Gasteiger partial charge on any atom is 0.332 e. The molecule has 2 aliphatic carbocycles. The molecule has 3 rings (SSSR count). The summed E-state index contributed by atoms with van der Waals surface area (Å²) in [6.07, 6.45) is 12.6. The number of hydrogen-bond acceptors (Lipinski definition) is 3. The molecule has 1 aromatic rings. The first-order valence-corrected chi connectivity index (χ1v) is 8.68. The van der Waals surface area contributed by atoms with Crippen LogP contribution in [0.5, 0.6) is 0 Å². The standard InChI is InChI=1S/C20H26O4/c1-14-6-10-20(13-21)16(18(22)23)4-3-5-17(20)19(14,2)9-7-15-8-11-24-12-15/h3-5,8,11-12,14,17,21H,6-7,9-10,13H2,1-2H3,(H,22,23)/t14?,17-,19+,20-/m1/s1. The molecule has 0 radical (unpaired) electrons. The zero-order valence-corrected chi connectivity index (χ0v) is 14.4. The fourth-order valence-electron chi connectivity index (χ4n) is 4.83. The lowest BCUT2D eigenvalue weighted by molar-refractivity contribution is -0.137. The summed E-state index contributed by atoms with van der Waals surface area (Å²) < 4.78 is 5.17. The third kappa shape index (κ3) is 2.53. The van der Waals surface area contributed by atoms with Crippen molar-refractivity contribution in [3.05, 3.63) is 48.0 Å². The van der Waals surface area contributed by atoms with Gasteiger partial charge >= 0.3 is 5.97 Å². The highest BCUT2D eigenvalue weighted by molar-refractivity contribution is 5.89. The number of carbonyl (C=O) groups is 1. The molecule has 0 amide bonds. The Bertz CT molecular complexity index is 657. The van der Waals surface area contributed by atoms with E-state index in [0.717, 1.165) is 31.2 Å². The molecule has 24 heavy (non-hydrogen) atoms. The van der Waals surface area contributed by atoms with Crippen LogP contribution in [-0.4, -0.2) is 22.8 Å². The van der Waals surface area contributed by atoms with Crippen molar-refractivity contribution in [2.45, 2.75) is 39.5 Å². The predicted molar refractivity (Wildman–Crippen MR) is 91.4 cm³/mol. The molecule has 4 atom stereocenters. The molecular formula is C20H26O4. The molecule has 1 unspecified atom stereocenters. The van der Waals surface area contributed by atoms with Crippen LogP contribution >= 0.6 is 0 Å².